The van der Waals surface area contributed by atoms with E-state index in [0.717, 1.165) is 33.5 Å². The molecule has 11 aromatic carbocycles. The third-order valence-corrected chi connectivity index (χ3v) is 20.8. The van der Waals surface area contributed by atoms with Gasteiger partial charge in [-0.15, -0.1) is 11.3 Å². The van der Waals surface area contributed by atoms with Crippen molar-refractivity contribution in [3.05, 3.63) is 267 Å². The van der Waals surface area contributed by atoms with E-state index in [1.165, 1.54) is 84.7 Å². The lowest BCUT2D eigenvalue weighted by Gasteiger charge is -2.34. The van der Waals surface area contributed by atoms with E-state index in [9.17, 15) is 0 Å². The van der Waals surface area contributed by atoms with Gasteiger partial charge in [-0.05, 0) is 107 Å². The molecule has 334 valence electrons. The number of para-hydroxylation sites is 3. The second kappa shape index (κ2) is 16.8. The molecule has 0 aliphatic carbocycles. The topological polar surface area (TPSA) is 28.2 Å². The molecule has 0 fully saturated rings. The zero-order valence-corrected chi connectivity index (χ0v) is 40.5. The molecule has 1 unspecified atom stereocenters. The van der Waals surface area contributed by atoms with Crippen molar-refractivity contribution >= 4 is 110 Å². The molecule has 14 rings (SSSR count). The molecule has 5 heteroatoms. The van der Waals surface area contributed by atoms with Crippen molar-refractivity contribution in [2.24, 2.45) is 0 Å². The fourth-order valence-electron chi connectivity index (χ4n) is 11.8. The fourth-order valence-corrected chi connectivity index (χ4v) is 17.8. The number of rotatable bonds is 8. The molecule has 1 atom stereocenters. The van der Waals surface area contributed by atoms with Gasteiger partial charge in [0.1, 0.15) is 6.17 Å². The molecule has 71 heavy (non-hydrogen) atoms. The Morgan fingerprint density at radius 2 is 0.972 bits per heavy atom. The van der Waals surface area contributed by atoms with Crippen LogP contribution in [0.4, 0.5) is 17.1 Å². The van der Waals surface area contributed by atoms with Gasteiger partial charge in [-0.3, -0.25) is 4.98 Å². The maximum atomic E-state index is 4.89. The Labute approximate surface area is 417 Å². The van der Waals surface area contributed by atoms with Gasteiger partial charge in [-0.1, -0.05) is 212 Å². The van der Waals surface area contributed by atoms with Crippen molar-refractivity contribution in [1.82, 2.24) is 4.98 Å². The summed E-state index contributed by atoms with van der Waals surface area (Å²) in [6.45, 7) is 0. The van der Waals surface area contributed by atoms with Gasteiger partial charge in [0.05, 0.1) is 16.9 Å². The molecule has 0 radical (unpaired) electrons. The second-order valence-corrected chi connectivity index (χ2v) is 23.5. The van der Waals surface area contributed by atoms with Gasteiger partial charge in [-0.25, -0.2) is 0 Å². The third-order valence-electron chi connectivity index (χ3n) is 14.8. The first kappa shape index (κ1) is 41.4. The monoisotopic (exact) mass is 939 g/mol. The maximum absolute atomic E-state index is 4.89. The van der Waals surface area contributed by atoms with Gasteiger partial charge in [0.2, 0.25) is 0 Å². The fraction of sp³-hybridized carbons (Fsp3) is 0.0152. The Bertz CT molecular complexity index is 4070. The summed E-state index contributed by atoms with van der Waals surface area (Å²) in [4.78, 5) is 7.34. The van der Waals surface area contributed by atoms with Crippen LogP contribution < -0.4 is 31.0 Å². The summed E-state index contributed by atoms with van der Waals surface area (Å²) in [6, 6.07) is 94.8. The zero-order chi connectivity index (χ0) is 46.9. The normalized spacial score (nSPS) is 13.6. The number of hydrogen-bond acceptors (Lipinski definition) is 4. The van der Waals surface area contributed by atoms with E-state index in [4.69, 9.17) is 4.98 Å². The number of hydrogen-bond donors (Lipinski definition) is 1. The molecule has 0 saturated heterocycles. The minimum absolute atomic E-state index is 0.149. The minimum Gasteiger partial charge on any atom is -0.359 e. The molecular formula is C66H45N3SSi. The zero-order valence-electron chi connectivity index (χ0n) is 38.7. The number of anilines is 3. The average molecular weight is 940 g/mol. The van der Waals surface area contributed by atoms with Crippen LogP contribution >= 0.6 is 11.3 Å². The summed E-state index contributed by atoms with van der Waals surface area (Å²) in [5, 5.41) is 18.1. The van der Waals surface area contributed by atoms with Gasteiger partial charge >= 0.3 is 0 Å². The molecule has 1 N–H and O–H groups in total. The number of aromatic nitrogens is 1. The summed E-state index contributed by atoms with van der Waals surface area (Å²) in [7, 11) is -2.83. The molecular weight excluding hydrogens is 895 g/mol. The van der Waals surface area contributed by atoms with E-state index < -0.39 is 8.07 Å². The standard InChI is InChI=1S/C66H45N3SSi/c1-3-22-48(23-4-1)71(49-24-5-2-6-25-49,51-39-40-53-52-26-11-14-34-61(52)70-62(53)43-51)50-37-35-44(36-38-50)63-54-27-7-9-29-56(54)64(57-30-10-8-28-55(57)63)46-19-15-21-47(42-46)69-60-33-13-12-32-59(60)68-66(69)58-31-16-18-45-20-17-41-67-65(45)58/h1-43,66,68H. The van der Waals surface area contributed by atoms with Crippen molar-refractivity contribution in [1.29, 1.82) is 0 Å². The summed E-state index contributed by atoms with van der Waals surface area (Å²) in [5.41, 5.74) is 10.4. The quantitative estimate of drug-likeness (QED) is 0.0935. The van der Waals surface area contributed by atoms with Crippen LogP contribution in [0, 0.1) is 0 Å². The molecule has 13 aromatic rings. The molecule has 2 aromatic heterocycles. The predicted molar refractivity (Wildman–Crippen MR) is 306 cm³/mol. The lowest BCUT2D eigenvalue weighted by atomic mass is 9.86. The predicted octanol–water partition coefficient (Wildman–Crippen LogP) is 14.9. The number of pyridine rings is 1. The highest BCUT2D eigenvalue weighted by Gasteiger charge is 2.42. The van der Waals surface area contributed by atoms with Gasteiger partial charge < -0.3 is 10.2 Å². The van der Waals surface area contributed by atoms with Crippen LogP contribution in [0.3, 0.4) is 0 Å². The first-order chi connectivity index (χ1) is 35.2. The van der Waals surface area contributed by atoms with Crippen molar-refractivity contribution in [3.8, 4) is 22.3 Å². The van der Waals surface area contributed by atoms with E-state index in [0.29, 0.717) is 0 Å². The lowest BCUT2D eigenvalue weighted by Crippen LogP contribution is -2.74. The lowest BCUT2D eigenvalue weighted by molar-refractivity contribution is 0.833. The molecule has 0 bridgehead atoms. The minimum atomic E-state index is -2.83. The molecule has 0 saturated carbocycles. The van der Waals surface area contributed by atoms with Crippen LogP contribution in [-0.4, -0.2) is 13.1 Å². The van der Waals surface area contributed by atoms with Crippen LogP contribution in [0.1, 0.15) is 11.7 Å². The molecule has 1 aliphatic heterocycles. The van der Waals surface area contributed by atoms with E-state index in [2.05, 4.69) is 259 Å². The first-order valence-corrected chi connectivity index (χ1v) is 27.2. The molecule has 0 amide bonds. The van der Waals surface area contributed by atoms with Crippen molar-refractivity contribution in [3.63, 3.8) is 0 Å². The molecule has 0 spiro atoms. The van der Waals surface area contributed by atoms with Crippen LogP contribution in [0.2, 0.25) is 0 Å². The van der Waals surface area contributed by atoms with Gasteiger partial charge in [0, 0.05) is 43.0 Å². The Morgan fingerprint density at radius 1 is 0.408 bits per heavy atom. The van der Waals surface area contributed by atoms with Crippen molar-refractivity contribution < 1.29 is 0 Å². The highest BCUT2D eigenvalue weighted by molar-refractivity contribution is 7.26. The average Bonchev–Trinajstić information content (AvgIpc) is 4.02. The van der Waals surface area contributed by atoms with E-state index >= 15 is 0 Å². The molecule has 3 heterocycles. The van der Waals surface area contributed by atoms with Crippen molar-refractivity contribution in [2.45, 2.75) is 6.17 Å². The molecule has 3 nitrogen and oxygen atoms in total. The summed E-state index contributed by atoms with van der Waals surface area (Å²) >= 11 is 1.90. The second-order valence-electron chi connectivity index (χ2n) is 18.6. The Morgan fingerprint density at radius 3 is 1.69 bits per heavy atom. The Hall–Kier alpha value is -8.61. The molecule has 1 aliphatic rings. The smallest absolute Gasteiger partial charge is 0.179 e. The van der Waals surface area contributed by atoms with Gasteiger partial charge in [-0.2, -0.15) is 0 Å². The van der Waals surface area contributed by atoms with E-state index in [-0.39, 0.29) is 6.17 Å². The maximum Gasteiger partial charge on any atom is 0.179 e. The number of nitrogens with one attached hydrogen (secondary N) is 1. The number of benzene rings is 11. The summed E-state index contributed by atoms with van der Waals surface area (Å²) < 4.78 is 2.66. The van der Waals surface area contributed by atoms with Gasteiger partial charge in [0.25, 0.3) is 0 Å². The first-order valence-electron chi connectivity index (χ1n) is 24.4. The Kier molecular flexibility index (Phi) is 9.80. The highest BCUT2D eigenvalue weighted by atomic mass is 32.1. The van der Waals surface area contributed by atoms with Crippen LogP contribution in [-0.2, 0) is 0 Å². The Balaban J connectivity index is 0.934. The van der Waals surface area contributed by atoms with E-state index in [1.807, 2.05) is 23.6 Å². The van der Waals surface area contributed by atoms with Crippen LogP contribution in [0.15, 0.2) is 261 Å². The SMILES string of the molecule is c1ccc([Si](c2ccccc2)(c2ccc(-c3c4ccccc4c(-c4cccc(N5c6ccccc6NC5c5cccc6cccnc56)c4)c4ccccc34)cc2)c2ccc3c(c2)sc2ccccc23)cc1. The van der Waals surface area contributed by atoms with E-state index in [1.54, 1.807) is 0 Å². The number of thiophene rings is 1. The van der Waals surface area contributed by atoms with Crippen molar-refractivity contribution in [2.75, 3.05) is 10.2 Å². The number of fused-ring (bicyclic) bond motifs is 7. The largest absolute Gasteiger partial charge is 0.359 e. The van der Waals surface area contributed by atoms with Gasteiger partial charge in [0.15, 0.2) is 8.07 Å². The summed E-state index contributed by atoms with van der Waals surface area (Å²) in [5.74, 6) is 0. The van der Waals surface area contributed by atoms with Crippen LogP contribution in [0.5, 0.6) is 0 Å². The third kappa shape index (κ3) is 6.58. The van der Waals surface area contributed by atoms with Crippen LogP contribution in [0.25, 0.3) is 74.9 Å². The summed E-state index contributed by atoms with van der Waals surface area (Å²) in [6.07, 6.45) is 1.75. The highest BCUT2D eigenvalue weighted by Crippen LogP contribution is 2.49. The number of nitrogens with zero attached hydrogens (tertiary/aromatic N) is 2.